The molecule has 0 fully saturated rings. The first-order valence-corrected chi connectivity index (χ1v) is 6.66. The molecule has 1 aromatic heterocycles. The van der Waals surface area contributed by atoms with Crippen molar-refractivity contribution in [3.05, 3.63) is 21.3 Å². The first kappa shape index (κ1) is 15.0. The van der Waals surface area contributed by atoms with Crippen molar-refractivity contribution in [3.63, 3.8) is 0 Å². The molecule has 0 aliphatic rings. The van der Waals surface area contributed by atoms with E-state index in [-0.39, 0.29) is 18.0 Å². The number of methoxy groups -OCH3 is 2. The standard InChI is InChI=1S/C12H10IN5O3/c1-19-10-16-11(20-2)18-12(17-10)21-9-7(13)3-6(5-14)4-8(9)15/h3-4H,15H2,1-2H3. The summed E-state index contributed by atoms with van der Waals surface area (Å²) < 4.78 is 16.1. The highest BCUT2D eigenvalue weighted by molar-refractivity contribution is 14.1. The lowest BCUT2D eigenvalue weighted by atomic mass is 10.2. The van der Waals surface area contributed by atoms with Crippen molar-refractivity contribution >= 4 is 28.3 Å². The Balaban J connectivity index is 2.41. The van der Waals surface area contributed by atoms with Crippen LogP contribution in [0.25, 0.3) is 0 Å². The van der Waals surface area contributed by atoms with Crippen LogP contribution in [0.4, 0.5) is 5.69 Å². The highest BCUT2D eigenvalue weighted by atomic mass is 127. The Bertz CT molecular complexity index is 671. The second-order valence-corrected chi connectivity index (χ2v) is 4.84. The minimum atomic E-state index is -0.0203. The number of ether oxygens (including phenoxy) is 3. The third kappa shape index (κ3) is 3.40. The molecular weight excluding hydrogens is 389 g/mol. The summed E-state index contributed by atoms with van der Waals surface area (Å²) in [5, 5.41) is 8.89. The van der Waals surface area contributed by atoms with Crippen LogP contribution < -0.4 is 19.9 Å². The number of aromatic nitrogens is 3. The largest absolute Gasteiger partial charge is 0.467 e. The fourth-order valence-electron chi connectivity index (χ4n) is 1.43. The average molecular weight is 399 g/mol. The van der Waals surface area contributed by atoms with Crippen LogP contribution in [0.3, 0.4) is 0 Å². The monoisotopic (exact) mass is 399 g/mol. The third-order valence-electron chi connectivity index (χ3n) is 2.33. The van der Waals surface area contributed by atoms with Crippen LogP contribution in [0.15, 0.2) is 12.1 Å². The quantitative estimate of drug-likeness (QED) is 0.611. The van der Waals surface area contributed by atoms with Crippen LogP contribution in [0.2, 0.25) is 0 Å². The number of halogens is 1. The molecule has 0 amide bonds. The number of anilines is 1. The fraction of sp³-hybridized carbons (Fsp3) is 0.167. The molecule has 0 unspecified atom stereocenters. The van der Waals surface area contributed by atoms with Gasteiger partial charge in [-0.15, -0.1) is 15.0 Å². The summed E-state index contributed by atoms with van der Waals surface area (Å²) in [6.45, 7) is 0. The molecule has 1 aromatic carbocycles. The van der Waals surface area contributed by atoms with Crippen molar-refractivity contribution in [1.29, 1.82) is 5.26 Å². The van der Waals surface area contributed by atoms with E-state index in [2.05, 4.69) is 15.0 Å². The Morgan fingerprint density at radius 2 is 1.67 bits per heavy atom. The SMILES string of the molecule is COc1nc(OC)nc(Oc2c(N)cc(C#N)cc2I)n1. The Morgan fingerprint density at radius 3 is 2.14 bits per heavy atom. The second kappa shape index (κ2) is 6.40. The van der Waals surface area contributed by atoms with Crippen LogP contribution in [0, 0.1) is 14.9 Å². The molecule has 8 nitrogen and oxygen atoms in total. The molecule has 0 aliphatic heterocycles. The molecule has 0 saturated heterocycles. The van der Waals surface area contributed by atoms with E-state index in [1.165, 1.54) is 20.3 Å². The van der Waals surface area contributed by atoms with Crippen LogP contribution in [-0.2, 0) is 0 Å². The normalized spacial score (nSPS) is 9.81. The molecular formula is C12H10IN5O3. The van der Waals surface area contributed by atoms with E-state index in [1.54, 1.807) is 6.07 Å². The maximum atomic E-state index is 8.89. The number of nitrogen functional groups attached to an aromatic ring is 1. The second-order valence-electron chi connectivity index (χ2n) is 3.68. The summed E-state index contributed by atoms with van der Waals surface area (Å²) in [5.74, 6) is 0.352. The van der Waals surface area contributed by atoms with Gasteiger partial charge in [0.1, 0.15) is 0 Å². The minimum absolute atomic E-state index is 0.0203. The summed E-state index contributed by atoms with van der Waals surface area (Å²) in [7, 11) is 2.83. The zero-order valence-electron chi connectivity index (χ0n) is 11.1. The van der Waals surface area contributed by atoms with E-state index in [1.807, 2.05) is 28.7 Å². The highest BCUT2D eigenvalue weighted by Crippen LogP contribution is 2.33. The van der Waals surface area contributed by atoms with Gasteiger partial charge in [0, 0.05) is 0 Å². The summed E-state index contributed by atoms with van der Waals surface area (Å²) >= 11 is 2.01. The number of hydrogen-bond acceptors (Lipinski definition) is 8. The number of hydrogen-bond donors (Lipinski definition) is 1. The van der Waals surface area contributed by atoms with Gasteiger partial charge in [0.05, 0.1) is 35.1 Å². The van der Waals surface area contributed by atoms with Gasteiger partial charge in [-0.1, -0.05) is 0 Å². The van der Waals surface area contributed by atoms with E-state index >= 15 is 0 Å². The van der Waals surface area contributed by atoms with E-state index in [4.69, 9.17) is 25.2 Å². The van der Waals surface area contributed by atoms with Crippen molar-refractivity contribution < 1.29 is 14.2 Å². The lowest BCUT2D eigenvalue weighted by Gasteiger charge is -2.10. The van der Waals surface area contributed by atoms with Crippen molar-refractivity contribution in [2.45, 2.75) is 0 Å². The first-order chi connectivity index (χ1) is 10.1. The molecule has 108 valence electrons. The Kier molecular flexibility index (Phi) is 4.59. The van der Waals surface area contributed by atoms with Gasteiger partial charge >= 0.3 is 18.0 Å². The molecule has 0 saturated carbocycles. The molecule has 0 bridgehead atoms. The molecule has 2 N–H and O–H groups in total. The Hall–Kier alpha value is -2.35. The van der Waals surface area contributed by atoms with Crippen molar-refractivity contribution in [3.8, 4) is 29.9 Å². The minimum Gasteiger partial charge on any atom is -0.467 e. The van der Waals surface area contributed by atoms with Crippen molar-refractivity contribution in [1.82, 2.24) is 15.0 Å². The Labute approximate surface area is 134 Å². The van der Waals surface area contributed by atoms with Gasteiger partial charge in [-0.05, 0) is 34.7 Å². The summed E-state index contributed by atoms with van der Waals surface area (Å²) in [6.07, 6.45) is 0. The average Bonchev–Trinajstić information content (AvgIpc) is 2.50. The van der Waals surface area contributed by atoms with E-state index in [0.717, 1.165) is 0 Å². The van der Waals surface area contributed by atoms with Gasteiger partial charge in [-0.25, -0.2) is 0 Å². The smallest absolute Gasteiger partial charge is 0.331 e. The van der Waals surface area contributed by atoms with Crippen molar-refractivity contribution in [2.75, 3.05) is 20.0 Å². The number of nitrogens with two attached hydrogens (primary N) is 1. The maximum absolute atomic E-state index is 8.89. The number of rotatable bonds is 4. The van der Waals surface area contributed by atoms with Gasteiger partial charge in [0.15, 0.2) is 5.75 Å². The highest BCUT2D eigenvalue weighted by Gasteiger charge is 2.14. The molecule has 2 aromatic rings. The van der Waals surface area contributed by atoms with Crippen LogP contribution in [-0.4, -0.2) is 29.2 Å². The van der Waals surface area contributed by atoms with Gasteiger partial charge in [0.2, 0.25) is 0 Å². The van der Waals surface area contributed by atoms with E-state index in [0.29, 0.717) is 20.6 Å². The van der Waals surface area contributed by atoms with Gasteiger partial charge in [0.25, 0.3) is 0 Å². The molecule has 0 spiro atoms. The Morgan fingerprint density at radius 1 is 1.10 bits per heavy atom. The van der Waals surface area contributed by atoms with E-state index in [9.17, 15) is 0 Å². The number of benzene rings is 1. The van der Waals surface area contributed by atoms with Crippen LogP contribution in [0.5, 0.6) is 23.8 Å². The van der Waals surface area contributed by atoms with Gasteiger partial charge < -0.3 is 19.9 Å². The fourth-order valence-corrected chi connectivity index (χ4v) is 2.18. The lowest BCUT2D eigenvalue weighted by Crippen LogP contribution is -2.03. The summed E-state index contributed by atoms with van der Waals surface area (Å²) in [6, 6.07) is 5.25. The van der Waals surface area contributed by atoms with Crippen molar-refractivity contribution in [2.24, 2.45) is 0 Å². The zero-order chi connectivity index (χ0) is 15.4. The summed E-state index contributed by atoms with van der Waals surface area (Å²) in [4.78, 5) is 11.8. The predicted molar refractivity (Wildman–Crippen MR) is 81.3 cm³/mol. The third-order valence-corrected chi connectivity index (χ3v) is 3.14. The first-order valence-electron chi connectivity index (χ1n) is 5.58. The predicted octanol–water partition coefficient (Wildman–Crippen LogP) is 1.74. The van der Waals surface area contributed by atoms with Crippen LogP contribution >= 0.6 is 22.6 Å². The molecule has 9 heteroatoms. The number of nitrogens with zero attached hydrogens (tertiary/aromatic N) is 4. The summed E-state index contributed by atoms with van der Waals surface area (Å²) in [5.41, 5.74) is 6.61. The molecule has 0 atom stereocenters. The maximum Gasteiger partial charge on any atom is 0.331 e. The molecule has 0 aliphatic carbocycles. The van der Waals surface area contributed by atoms with Crippen LogP contribution in [0.1, 0.15) is 5.56 Å². The van der Waals surface area contributed by atoms with Gasteiger partial charge in [-0.2, -0.15) is 5.26 Å². The zero-order valence-corrected chi connectivity index (χ0v) is 13.3. The van der Waals surface area contributed by atoms with E-state index < -0.39 is 0 Å². The molecule has 21 heavy (non-hydrogen) atoms. The topological polar surface area (TPSA) is 116 Å². The number of nitriles is 1. The molecule has 0 radical (unpaired) electrons. The van der Waals surface area contributed by atoms with Gasteiger partial charge in [-0.3, -0.25) is 0 Å². The molecule has 1 heterocycles. The lowest BCUT2D eigenvalue weighted by molar-refractivity contribution is 0.320. The molecule has 2 rings (SSSR count).